The predicted molar refractivity (Wildman–Crippen MR) is 104 cm³/mol. The smallest absolute Gasteiger partial charge is 0.273 e. The summed E-state index contributed by atoms with van der Waals surface area (Å²) in [4.78, 5) is 16.4. The molecule has 8 heteroatoms. The van der Waals surface area contributed by atoms with Crippen LogP contribution in [-0.2, 0) is 13.0 Å². The Morgan fingerprint density at radius 1 is 1.29 bits per heavy atom. The highest BCUT2D eigenvalue weighted by Gasteiger charge is 2.16. The van der Waals surface area contributed by atoms with Gasteiger partial charge in [0.05, 0.1) is 7.11 Å². The van der Waals surface area contributed by atoms with E-state index in [1.165, 1.54) is 7.11 Å². The molecule has 0 aliphatic carbocycles. The van der Waals surface area contributed by atoms with E-state index < -0.39 is 0 Å². The van der Waals surface area contributed by atoms with Gasteiger partial charge in [-0.2, -0.15) is 0 Å². The molecule has 0 saturated carbocycles. The summed E-state index contributed by atoms with van der Waals surface area (Å²) in [6.45, 7) is 2.02. The van der Waals surface area contributed by atoms with Crippen molar-refractivity contribution in [2.45, 2.75) is 26.0 Å². The minimum Gasteiger partial charge on any atom is -0.493 e. The van der Waals surface area contributed by atoms with Gasteiger partial charge in [-0.05, 0) is 37.1 Å². The number of nitrogens with one attached hydrogen (secondary N) is 1. The molecule has 0 fully saturated rings. The fourth-order valence-corrected chi connectivity index (χ4v) is 2.78. The van der Waals surface area contributed by atoms with Crippen molar-refractivity contribution < 1.29 is 18.8 Å². The van der Waals surface area contributed by atoms with Gasteiger partial charge in [0.2, 0.25) is 0 Å². The fourth-order valence-electron chi connectivity index (χ4n) is 2.62. The SMILES string of the molecule is COc1cc(Cl)ccc1OCc1cc(C(=O)N[C@H](C)Cc2cccnc2)no1. The molecular formula is C20H20ClN3O4. The first-order valence-electron chi connectivity index (χ1n) is 8.67. The van der Waals surface area contributed by atoms with Gasteiger partial charge in [-0.1, -0.05) is 22.8 Å². The van der Waals surface area contributed by atoms with Crippen LogP contribution in [0, 0.1) is 0 Å². The minimum atomic E-state index is -0.310. The van der Waals surface area contributed by atoms with Crippen LogP contribution in [-0.4, -0.2) is 29.2 Å². The largest absolute Gasteiger partial charge is 0.493 e. The van der Waals surface area contributed by atoms with Gasteiger partial charge < -0.3 is 19.3 Å². The van der Waals surface area contributed by atoms with E-state index in [0.717, 1.165) is 5.56 Å². The number of nitrogens with zero attached hydrogens (tertiary/aromatic N) is 2. The molecule has 1 aromatic carbocycles. The first kappa shape index (κ1) is 19.7. The van der Waals surface area contributed by atoms with Crippen molar-refractivity contribution >= 4 is 17.5 Å². The summed E-state index contributed by atoms with van der Waals surface area (Å²) in [5.41, 5.74) is 1.24. The molecule has 28 heavy (non-hydrogen) atoms. The highest BCUT2D eigenvalue weighted by molar-refractivity contribution is 6.30. The van der Waals surface area contributed by atoms with E-state index in [-0.39, 0.29) is 24.2 Å². The third-order valence-corrected chi connectivity index (χ3v) is 4.16. The molecule has 0 bridgehead atoms. The zero-order valence-corrected chi connectivity index (χ0v) is 16.3. The van der Waals surface area contributed by atoms with Crippen LogP contribution in [0.3, 0.4) is 0 Å². The molecule has 0 aliphatic rings. The molecule has 2 aromatic heterocycles. The van der Waals surface area contributed by atoms with Crippen molar-refractivity contribution in [3.05, 3.63) is 70.8 Å². The first-order valence-corrected chi connectivity index (χ1v) is 9.04. The summed E-state index contributed by atoms with van der Waals surface area (Å²) < 4.78 is 16.1. The highest BCUT2D eigenvalue weighted by Crippen LogP contribution is 2.30. The van der Waals surface area contributed by atoms with Crippen LogP contribution in [0.5, 0.6) is 11.5 Å². The van der Waals surface area contributed by atoms with E-state index in [4.69, 9.17) is 25.6 Å². The third-order valence-electron chi connectivity index (χ3n) is 3.93. The fraction of sp³-hybridized carbons (Fsp3) is 0.250. The normalized spacial score (nSPS) is 11.7. The van der Waals surface area contributed by atoms with E-state index in [9.17, 15) is 4.79 Å². The summed E-state index contributed by atoms with van der Waals surface area (Å²) >= 11 is 5.93. The lowest BCUT2D eigenvalue weighted by molar-refractivity contribution is 0.0930. The van der Waals surface area contributed by atoms with Crippen molar-refractivity contribution in [3.8, 4) is 11.5 Å². The number of methoxy groups -OCH3 is 1. The number of carbonyl (C=O) groups is 1. The maximum Gasteiger partial charge on any atom is 0.273 e. The van der Waals surface area contributed by atoms with E-state index >= 15 is 0 Å². The Balaban J connectivity index is 1.55. The average molecular weight is 402 g/mol. The van der Waals surface area contributed by atoms with E-state index in [1.807, 2.05) is 19.1 Å². The van der Waals surface area contributed by atoms with Gasteiger partial charge in [0, 0.05) is 35.6 Å². The van der Waals surface area contributed by atoms with Crippen LogP contribution < -0.4 is 14.8 Å². The molecular weight excluding hydrogens is 382 g/mol. The lowest BCUT2D eigenvalue weighted by Crippen LogP contribution is -2.34. The van der Waals surface area contributed by atoms with Crippen molar-refractivity contribution in [1.82, 2.24) is 15.5 Å². The lowest BCUT2D eigenvalue weighted by atomic mass is 10.1. The molecule has 3 rings (SSSR count). The molecule has 0 spiro atoms. The van der Waals surface area contributed by atoms with Crippen LogP contribution in [0.15, 0.2) is 53.3 Å². The molecule has 0 radical (unpaired) electrons. The van der Waals surface area contributed by atoms with Gasteiger partial charge in [0.25, 0.3) is 5.91 Å². The summed E-state index contributed by atoms with van der Waals surface area (Å²) in [5.74, 6) is 1.13. The van der Waals surface area contributed by atoms with Crippen LogP contribution in [0.2, 0.25) is 5.02 Å². The van der Waals surface area contributed by atoms with E-state index in [0.29, 0.717) is 28.7 Å². The number of benzene rings is 1. The molecule has 146 valence electrons. The quantitative estimate of drug-likeness (QED) is 0.619. The summed E-state index contributed by atoms with van der Waals surface area (Å²) in [6, 6.07) is 10.4. The predicted octanol–water partition coefficient (Wildman–Crippen LogP) is 3.67. The number of halogens is 1. The van der Waals surface area contributed by atoms with Gasteiger partial charge in [0.1, 0.15) is 6.61 Å². The third kappa shape index (κ3) is 5.23. The lowest BCUT2D eigenvalue weighted by Gasteiger charge is -2.12. The maximum atomic E-state index is 12.3. The van der Waals surface area contributed by atoms with Gasteiger partial charge in [-0.15, -0.1) is 0 Å². The Bertz CT molecular complexity index is 930. The van der Waals surface area contributed by atoms with Crippen LogP contribution in [0.1, 0.15) is 28.7 Å². The zero-order valence-electron chi connectivity index (χ0n) is 15.5. The number of rotatable bonds is 8. The van der Waals surface area contributed by atoms with Crippen molar-refractivity contribution in [1.29, 1.82) is 0 Å². The molecule has 0 aliphatic heterocycles. The summed E-state index contributed by atoms with van der Waals surface area (Å²) in [7, 11) is 1.53. The van der Waals surface area contributed by atoms with E-state index in [1.54, 1.807) is 36.7 Å². The number of amides is 1. The Hall–Kier alpha value is -3.06. The monoisotopic (exact) mass is 401 g/mol. The molecule has 1 N–H and O–H groups in total. The van der Waals surface area contributed by atoms with Gasteiger partial charge in [0.15, 0.2) is 23.0 Å². The van der Waals surface area contributed by atoms with Crippen LogP contribution in [0.4, 0.5) is 0 Å². The molecule has 2 heterocycles. The average Bonchev–Trinajstić information content (AvgIpc) is 3.17. The Morgan fingerprint density at radius 2 is 2.14 bits per heavy atom. The summed E-state index contributed by atoms with van der Waals surface area (Å²) in [6.07, 6.45) is 4.16. The second kappa shape index (κ2) is 9.23. The number of carbonyl (C=O) groups excluding carboxylic acids is 1. The number of pyridine rings is 1. The van der Waals surface area contributed by atoms with Crippen LogP contribution >= 0.6 is 11.6 Å². The van der Waals surface area contributed by atoms with Crippen molar-refractivity contribution in [2.75, 3.05) is 7.11 Å². The zero-order chi connectivity index (χ0) is 19.9. The molecule has 1 atom stereocenters. The molecule has 0 saturated heterocycles. The molecule has 0 unspecified atom stereocenters. The van der Waals surface area contributed by atoms with Crippen molar-refractivity contribution in [2.24, 2.45) is 0 Å². The van der Waals surface area contributed by atoms with Gasteiger partial charge >= 0.3 is 0 Å². The topological polar surface area (TPSA) is 86.5 Å². The summed E-state index contributed by atoms with van der Waals surface area (Å²) in [5, 5.41) is 7.25. The number of ether oxygens (including phenoxy) is 2. The van der Waals surface area contributed by atoms with Gasteiger partial charge in [-0.25, -0.2) is 0 Å². The highest BCUT2D eigenvalue weighted by atomic mass is 35.5. The second-order valence-electron chi connectivity index (χ2n) is 6.20. The standard InChI is InChI=1S/C20H20ClN3O4/c1-13(8-14-4-3-7-22-11-14)23-20(25)17-10-16(28-24-17)12-27-18-6-5-15(21)9-19(18)26-2/h3-7,9-11,13H,8,12H2,1-2H3,(H,23,25)/t13-/m1/s1. The number of hydrogen-bond acceptors (Lipinski definition) is 6. The van der Waals surface area contributed by atoms with Crippen LogP contribution in [0.25, 0.3) is 0 Å². The first-order chi connectivity index (χ1) is 13.5. The number of hydrogen-bond donors (Lipinski definition) is 1. The Morgan fingerprint density at radius 3 is 2.89 bits per heavy atom. The molecule has 1 amide bonds. The number of aromatic nitrogens is 2. The Kier molecular flexibility index (Phi) is 6.49. The van der Waals surface area contributed by atoms with Crippen molar-refractivity contribution in [3.63, 3.8) is 0 Å². The molecule has 3 aromatic rings. The molecule has 7 nitrogen and oxygen atoms in total. The Labute approximate surface area is 167 Å². The minimum absolute atomic E-state index is 0.0774. The second-order valence-corrected chi connectivity index (χ2v) is 6.64. The maximum absolute atomic E-state index is 12.3. The van der Waals surface area contributed by atoms with Gasteiger partial charge in [-0.3, -0.25) is 9.78 Å². The van der Waals surface area contributed by atoms with E-state index in [2.05, 4.69) is 15.5 Å².